The van der Waals surface area contributed by atoms with E-state index >= 15 is 0 Å². The number of esters is 1. The molecule has 0 N–H and O–H groups in total. The van der Waals surface area contributed by atoms with Crippen molar-refractivity contribution < 1.29 is 18.7 Å². The number of hydrogen-bond acceptors (Lipinski definition) is 6. The van der Waals surface area contributed by atoms with Crippen LogP contribution in [0.4, 0.5) is 0 Å². The highest BCUT2D eigenvalue weighted by molar-refractivity contribution is 5.87. The molecule has 1 aromatic heterocycles. The molecule has 6 nitrogen and oxygen atoms in total. The monoisotopic (exact) mass is 364 g/mol. The minimum Gasteiger partial charge on any atom is -0.496 e. The maximum atomic E-state index is 12.1. The first-order valence-corrected chi connectivity index (χ1v) is 8.49. The second-order valence-corrected chi connectivity index (χ2v) is 5.97. The van der Waals surface area contributed by atoms with E-state index in [1.807, 2.05) is 55.5 Å². The lowest BCUT2D eigenvalue weighted by molar-refractivity contribution is -0.143. The first kappa shape index (κ1) is 18.4. The fourth-order valence-electron chi connectivity index (χ4n) is 2.50. The lowest BCUT2D eigenvalue weighted by Crippen LogP contribution is -2.06. The molecule has 0 aliphatic rings. The number of aryl methyl sites for hydroxylation is 1. The third-order valence-corrected chi connectivity index (χ3v) is 3.89. The van der Waals surface area contributed by atoms with E-state index in [1.165, 1.54) is 6.08 Å². The summed E-state index contributed by atoms with van der Waals surface area (Å²) >= 11 is 0. The van der Waals surface area contributed by atoms with Gasteiger partial charge in [-0.1, -0.05) is 29.8 Å². The van der Waals surface area contributed by atoms with Gasteiger partial charge in [0.15, 0.2) is 6.10 Å². The number of benzene rings is 2. The van der Waals surface area contributed by atoms with Crippen LogP contribution in [-0.2, 0) is 9.53 Å². The Morgan fingerprint density at radius 1 is 1.15 bits per heavy atom. The van der Waals surface area contributed by atoms with Gasteiger partial charge in [0.1, 0.15) is 5.75 Å². The first-order valence-electron chi connectivity index (χ1n) is 8.49. The van der Waals surface area contributed by atoms with Crippen molar-refractivity contribution in [1.82, 2.24) is 10.2 Å². The number of aromatic nitrogens is 2. The second-order valence-electron chi connectivity index (χ2n) is 5.97. The normalized spacial score (nSPS) is 12.1. The van der Waals surface area contributed by atoms with Crippen molar-refractivity contribution in [3.05, 3.63) is 71.6 Å². The number of methoxy groups -OCH3 is 1. The molecular weight excluding hydrogens is 344 g/mol. The van der Waals surface area contributed by atoms with Crippen molar-refractivity contribution >= 4 is 12.0 Å². The molecule has 27 heavy (non-hydrogen) atoms. The zero-order chi connectivity index (χ0) is 19.2. The van der Waals surface area contributed by atoms with Crippen molar-refractivity contribution in [2.24, 2.45) is 0 Å². The van der Waals surface area contributed by atoms with Crippen molar-refractivity contribution in [2.45, 2.75) is 20.0 Å². The topological polar surface area (TPSA) is 74.5 Å². The number of carbonyl (C=O) groups excluding carboxylic acids is 1. The molecule has 0 amide bonds. The largest absolute Gasteiger partial charge is 0.496 e. The number of hydrogen-bond donors (Lipinski definition) is 0. The Bertz CT molecular complexity index is 948. The van der Waals surface area contributed by atoms with Crippen LogP contribution in [0.2, 0.25) is 0 Å². The maximum absolute atomic E-state index is 12.1. The zero-order valence-corrected chi connectivity index (χ0v) is 15.4. The number of carbonyl (C=O) groups is 1. The molecule has 0 aliphatic carbocycles. The lowest BCUT2D eigenvalue weighted by atomic mass is 10.1. The van der Waals surface area contributed by atoms with Gasteiger partial charge in [-0.05, 0) is 44.2 Å². The van der Waals surface area contributed by atoms with E-state index in [4.69, 9.17) is 13.9 Å². The zero-order valence-electron chi connectivity index (χ0n) is 15.4. The molecule has 0 saturated heterocycles. The molecule has 3 rings (SSSR count). The standard InChI is InChI=1S/C21H20N2O4/c1-14-9-11-18(25-3)17(13-14)10-12-19(24)26-15(2)20-22-23-21(27-20)16-7-5-4-6-8-16/h4-13,15H,1-3H3/b12-10+/t15-/m1/s1. The van der Waals surface area contributed by atoms with Crippen molar-refractivity contribution in [2.75, 3.05) is 7.11 Å². The van der Waals surface area contributed by atoms with Crippen LogP contribution in [0.3, 0.4) is 0 Å². The predicted octanol–water partition coefficient (Wildman–Crippen LogP) is 4.37. The van der Waals surface area contributed by atoms with E-state index in [9.17, 15) is 4.79 Å². The van der Waals surface area contributed by atoms with Gasteiger partial charge in [-0.25, -0.2) is 4.79 Å². The van der Waals surface area contributed by atoms with Crippen LogP contribution in [0.5, 0.6) is 5.75 Å². The molecule has 0 bridgehead atoms. The van der Waals surface area contributed by atoms with Crippen LogP contribution in [-0.4, -0.2) is 23.3 Å². The summed E-state index contributed by atoms with van der Waals surface area (Å²) in [5, 5.41) is 7.96. The van der Waals surface area contributed by atoms with Gasteiger partial charge in [-0.15, -0.1) is 10.2 Å². The van der Waals surface area contributed by atoms with Crippen LogP contribution >= 0.6 is 0 Å². The van der Waals surface area contributed by atoms with Crippen molar-refractivity contribution in [3.8, 4) is 17.2 Å². The van der Waals surface area contributed by atoms with Gasteiger partial charge in [0.25, 0.3) is 5.89 Å². The van der Waals surface area contributed by atoms with Crippen LogP contribution in [0.25, 0.3) is 17.5 Å². The molecular formula is C21H20N2O4. The Balaban J connectivity index is 1.66. The molecule has 0 unspecified atom stereocenters. The smallest absolute Gasteiger partial charge is 0.331 e. The minimum absolute atomic E-state index is 0.240. The van der Waals surface area contributed by atoms with E-state index in [-0.39, 0.29) is 5.89 Å². The van der Waals surface area contributed by atoms with Gasteiger partial charge in [-0.2, -0.15) is 0 Å². The highest BCUT2D eigenvalue weighted by Crippen LogP contribution is 2.23. The summed E-state index contributed by atoms with van der Waals surface area (Å²) in [5.74, 6) is 0.796. The minimum atomic E-state index is -0.661. The Kier molecular flexibility index (Phi) is 5.66. The van der Waals surface area contributed by atoms with Gasteiger partial charge in [0.2, 0.25) is 5.89 Å². The summed E-state index contributed by atoms with van der Waals surface area (Å²) in [5.41, 5.74) is 2.67. The third-order valence-electron chi connectivity index (χ3n) is 3.89. The van der Waals surface area contributed by atoms with E-state index in [1.54, 1.807) is 20.1 Å². The van der Waals surface area contributed by atoms with E-state index in [0.717, 1.165) is 16.7 Å². The molecule has 138 valence electrons. The molecule has 0 fully saturated rings. The highest BCUT2D eigenvalue weighted by atomic mass is 16.6. The first-order chi connectivity index (χ1) is 13.1. The molecule has 1 heterocycles. The second kappa shape index (κ2) is 8.31. The molecule has 6 heteroatoms. The number of ether oxygens (including phenoxy) is 2. The summed E-state index contributed by atoms with van der Waals surface area (Å²) in [7, 11) is 1.59. The predicted molar refractivity (Wildman–Crippen MR) is 101 cm³/mol. The highest BCUT2D eigenvalue weighted by Gasteiger charge is 2.18. The SMILES string of the molecule is COc1ccc(C)cc1/C=C/C(=O)O[C@H](C)c1nnc(-c2ccccc2)o1. The number of nitrogens with zero attached hydrogens (tertiary/aromatic N) is 2. The molecule has 0 spiro atoms. The van der Waals surface area contributed by atoms with Gasteiger partial charge in [-0.3, -0.25) is 0 Å². The van der Waals surface area contributed by atoms with E-state index < -0.39 is 12.1 Å². The fraction of sp³-hybridized carbons (Fsp3) is 0.190. The summed E-state index contributed by atoms with van der Waals surface area (Å²) in [6, 6.07) is 15.1. The van der Waals surface area contributed by atoms with Crippen LogP contribution in [0, 0.1) is 6.92 Å². The molecule has 1 atom stereocenters. The third kappa shape index (κ3) is 4.61. The Hall–Kier alpha value is -3.41. The molecule has 0 saturated carbocycles. The Labute approximate surface area is 157 Å². The average molecular weight is 364 g/mol. The molecule has 2 aromatic carbocycles. The molecule has 0 aliphatic heterocycles. The molecule has 3 aromatic rings. The van der Waals surface area contributed by atoms with Crippen LogP contribution in [0.15, 0.2) is 59.0 Å². The Morgan fingerprint density at radius 3 is 2.67 bits per heavy atom. The summed E-state index contributed by atoms with van der Waals surface area (Å²) in [4.78, 5) is 12.1. The lowest BCUT2D eigenvalue weighted by Gasteiger charge is -2.08. The van der Waals surface area contributed by atoms with Gasteiger partial charge in [0.05, 0.1) is 7.11 Å². The summed E-state index contributed by atoms with van der Waals surface area (Å²) < 4.78 is 16.2. The summed E-state index contributed by atoms with van der Waals surface area (Å²) in [6.45, 7) is 3.65. The number of rotatable bonds is 6. The van der Waals surface area contributed by atoms with Gasteiger partial charge >= 0.3 is 5.97 Å². The molecule has 0 radical (unpaired) electrons. The average Bonchev–Trinajstić information content (AvgIpc) is 3.17. The fourth-order valence-corrected chi connectivity index (χ4v) is 2.50. The van der Waals surface area contributed by atoms with Crippen LogP contribution < -0.4 is 4.74 Å². The van der Waals surface area contributed by atoms with Crippen molar-refractivity contribution in [3.63, 3.8) is 0 Å². The van der Waals surface area contributed by atoms with E-state index in [2.05, 4.69) is 10.2 Å². The maximum Gasteiger partial charge on any atom is 0.331 e. The Morgan fingerprint density at radius 2 is 1.93 bits per heavy atom. The summed E-state index contributed by atoms with van der Waals surface area (Å²) in [6.07, 6.45) is 2.35. The van der Waals surface area contributed by atoms with E-state index in [0.29, 0.717) is 11.6 Å². The van der Waals surface area contributed by atoms with Gasteiger partial charge < -0.3 is 13.9 Å². The van der Waals surface area contributed by atoms with Crippen molar-refractivity contribution in [1.29, 1.82) is 0 Å². The van der Waals surface area contributed by atoms with Crippen LogP contribution in [0.1, 0.15) is 30.0 Å². The quantitative estimate of drug-likeness (QED) is 0.477. The van der Waals surface area contributed by atoms with Gasteiger partial charge in [0, 0.05) is 17.2 Å².